The maximum atomic E-state index is 12.3. The van der Waals surface area contributed by atoms with Gasteiger partial charge in [-0.25, -0.2) is 8.42 Å². The molecule has 0 spiro atoms. The van der Waals surface area contributed by atoms with Crippen molar-refractivity contribution >= 4 is 21.6 Å². The van der Waals surface area contributed by atoms with Gasteiger partial charge >= 0.3 is 0 Å². The van der Waals surface area contributed by atoms with Crippen LogP contribution in [0.15, 0.2) is 54.0 Å². The Bertz CT molecular complexity index is 499. The lowest BCUT2D eigenvalue weighted by atomic mass is 10.2. The maximum absolute atomic E-state index is 12.3. The highest BCUT2D eigenvalue weighted by atomic mass is 32.3. The smallest absolute Gasteiger partial charge is 0.194 e. The highest BCUT2D eigenvalue weighted by Gasteiger charge is 2.23. The molecule has 0 amide bonds. The van der Waals surface area contributed by atoms with Gasteiger partial charge in [-0.2, -0.15) is 0 Å². The molecule has 0 bridgehead atoms. The van der Waals surface area contributed by atoms with Crippen molar-refractivity contribution in [3.63, 3.8) is 0 Å². The largest absolute Gasteiger partial charge is 0.222 e. The van der Waals surface area contributed by atoms with Crippen LogP contribution in [0.2, 0.25) is 0 Å². The van der Waals surface area contributed by atoms with Crippen LogP contribution in [0.4, 0.5) is 0 Å². The van der Waals surface area contributed by atoms with E-state index in [1.54, 1.807) is 36.6 Å². The van der Waals surface area contributed by atoms with Crippen LogP contribution in [0.3, 0.4) is 0 Å². The molecule has 0 N–H and O–H groups in total. The third-order valence-electron chi connectivity index (χ3n) is 2.29. The molecule has 1 unspecified atom stereocenters. The summed E-state index contributed by atoms with van der Waals surface area (Å²) in [6.07, 6.45) is 6.66. The van der Waals surface area contributed by atoms with Gasteiger partial charge in [-0.05, 0) is 25.3 Å². The van der Waals surface area contributed by atoms with Crippen LogP contribution in [0, 0.1) is 6.92 Å². The second-order valence-corrected chi connectivity index (χ2v) is 6.93. The molecule has 17 heavy (non-hydrogen) atoms. The van der Waals surface area contributed by atoms with Crippen LogP contribution in [0.1, 0.15) is 5.56 Å². The van der Waals surface area contributed by atoms with Crippen LogP contribution < -0.4 is 0 Å². The summed E-state index contributed by atoms with van der Waals surface area (Å²) in [5.41, 5.74) is 1.05. The van der Waals surface area contributed by atoms with Gasteiger partial charge < -0.3 is 0 Å². The Morgan fingerprint density at radius 1 is 1.29 bits per heavy atom. The fraction of sp³-hybridized carbons (Fsp3) is 0.231. The highest BCUT2D eigenvalue weighted by Crippen LogP contribution is 2.24. The molecule has 1 rings (SSSR count). The van der Waals surface area contributed by atoms with E-state index in [1.165, 1.54) is 11.8 Å². The van der Waals surface area contributed by atoms with Crippen LogP contribution in [0.5, 0.6) is 0 Å². The average Bonchev–Trinajstić information content (AvgIpc) is 2.30. The van der Waals surface area contributed by atoms with Crippen LogP contribution in [-0.4, -0.2) is 19.3 Å². The number of hydrogen-bond acceptors (Lipinski definition) is 3. The quantitative estimate of drug-likeness (QED) is 0.769. The number of aryl methyl sites for hydroxylation is 1. The third kappa shape index (κ3) is 3.48. The van der Waals surface area contributed by atoms with E-state index in [-0.39, 0.29) is 0 Å². The zero-order valence-corrected chi connectivity index (χ0v) is 11.6. The number of hydrogen-bond donors (Lipinski definition) is 0. The maximum Gasteiger partial charge on any atom is 0.194 e. The minimum absolute atomic E-state index is 0.358. The Balaban J connectivity index is 3.12. The van der Waals surface area contributed by atoms with E-state index < -0.39 is 14.4 Å². The lowest BCUT2D eigenvalue weighted by Gasteiger charge is -2.11. The zero-order valence-electron chi connectivity index (χ0n) is 9.96. The summed E-state index contributed by atoms with van der Waals surface area (Å²) in [6, 6.07) is 6.91. The standard InChI is InChI=1S/C13H16O2S2/c1-4-5-6-13(16-3)17(14,15)12-9-7-11(2)8-10-12/h4-10,13H,1H2,2-3H3. The van der Waals surface area contributed by atoms with E-state index in [1.807, 2.05) is 19.1 Å². The summed E-state index contributed by atoms with van der Waals surface area (Å²) >= 11 is 1.29. The van der Waals surface area contributed by atoms with E-state index in [0.717, 1.165) is 5.56 Å². The first-order valence-electron chi connectivity index (χ1n) is 5.15. The molecule has 0 aliphatic heterocycles. The van der Waals surface area contributed by atoms with E-state index in [0.29, 0.717) is 4.90 Å². The Kier molecular flexibility index (Phi) is 5.02. The van der Waals surface area contributed by atoms with Gasteiger partial charge in [-0.1, -0.05) is 42.5 Å². The first kappa shape index (κ1) is 14.1. The molecule has 0 radical (unpaired) electrons. The van der Waals surface area contributed by atoms with E-state index in [4.69, 9.17) is 0 Å². The van der Waals surface area contributed by atoms with Crippen molar-refractivity contribution in [1.82, 2.24) is 0 Å². The molecule has 1 aromatic rings. The molecule has 1 aromatic carbocycles. The Hall–Kier alpha value is -1.00. The van der Waals surface area contributed by atoms with Gasteiger partial charge in [0, 0.05) is 0 Å². The topological polar surface area (TPSA) is 34.1 Å². The van der Waals surface area contributed by atoms with Crippen molar-refractivity contribution in [2.75, 3.05) is 6.26 Å². The Morgan fingerprint density at radius 3 is 2.35 bits per heavy atom. The van der Waals surface area contributed by atoms with Crippen molar-refractivity contribution in [3.05, 3.63) is 54.6 Å². The predicted octanol–water partition coefficient (Wildman–Crippen LogP) is 3.20. The first-order chi connectivity index (χ1) is 8.02. The minimum Gasteiger partial charge on any atom is -0.222 e. The van der Waals surface area contributed by atoms with Gasteiger partial charge in [-0.15, -0.1) is 11.8 Å². The SMILES string of the molecule is C=CC=CC(SC)S(=O)(=O)c1ccc(C)cc1. The van der Waals surface area contributed by atoms with Gasteiger partial charge in [0.25, 0.3) is 0 Å². The first-order valence-corrected chi connectivity index (χ1v) is 7.98. The molecule has 0 saturated heterocycles. The molecule has 0 aliphatic rings. The van der Waals surface area contributed by atoms with Crippen molar-refractivity contribution in [2.24, 2.45) is 0 Å². The summed E-state index contributed by atoms with van der Waals surface area (Å²) in [4.78, 5) is 0.358. The van der Waals surface area contributed by atoms with Crippen molar-refractivity contribution in [1.29, 1.82) is 0 Å². The van der Waals surface area contributed by atoms with E-state index in [9.17, 15) is 8.42 Å². The van der Waals surface area contributed by atoms with Crippen LogP contribution >= 0.6 is 11.8 Å². The summed E-state index contributed by atoms with van der Waals surface area (Å²) in [5, 5.41) is 0. The van der Waals surface area contributed by atoms with Gasteiger partial charge in [-0.3, -0.25) is 0 Å². The van der Waals surface area contributed by atoms with Gasteiger partial charge in [0.15, 0.2) is 9.84 Å². The van der Waals surface area contributed by atoms with Gasteiger partial charge in [0.05, 0.1) is 4.90 Å². The second kappa shape index (κ2) is 6.07. The molecule has 0 aliphatic carbocycles. The monoisotopic (exact) mass is 268 g/mol. The lowest BCUT2D eigenvalue weighted by Crippen LogP contribution is -2.15. The molecule has 0 saturated carbocycles. The summed E-state index contributed by atoms with van der Waals surface area (Å²) in [7, 11) is -3.31. The molecular formula is C13H16O2S2. The highest BCUT2D eigenvalue weighted by molar-refractivity contribution is 8.13. The number of rotatable bonds is 5. The summed E-state index contributed by atoms with van der Waals surface area (Å²) in [5.74, 6) is 0. The fourth-order valence-corrected chi connectivity index (χ4v) is 4.02. The molecule has 2 nitrogen and oxygen atoms in total. The Labute approximate surface area is 107 Å². The van der Waals surface area contributed by atoms with E-state index in [2.05, 4.69) is 6.58 Å². The van der Waals surface area contributed by atoms with Crippen molar-refractivity contribution in [3.8, 4) is 0 Å². The number of allylic oxidation sites excluding steroid dienone is 2. The van der Waals surface area contributed by atoms with Crippen LogP contribution in [0.25, 0.3) is 0 Å². The molecule has 0 fully saturated rings. The van der Waals surface area contributed by atoms with Crippen molar-refractivity contribution < 1.29 is 8.42 Å². The summed E-state index contributed by atoms with van der Waals surface area (Å²) < 4.78 is 24.0. The number of benzene rings is 1. The van der Waals surface area contributed by atoms with Crippen molar-refractivity contribution in [2.45, 2.75) is 16.4 Å². The zero-order chi connectivity index (χ0) is 12.9. The summed E-state index contributed by atoms with van der Waals surface area (Å²) in [6.45, 7) is 5.47. The molecule has 1 atom stereocenters. The Morgan fingerprint density at radius 2 is 1.88 bits per heavy atom. The molecular weight excluding hydrogens is 252 g/mol. The number of sulfone groups is 1. The van der Waals surface area contributed by atoms with Crippen LogP contribution in [-0.2, 0) is 9.84 Å². The fourth-order valence-electron chi connectivity index (χ4n) is 1.34. The molecule has 0 heterocycles. The predicted molar refractivity (Wildman–Crippen MR) is 75.0 cm³/mol. The minimum atomic E-state index is -3.31. The average molecular weight is 268 g/mol. The number of thioether (sulfide) groups is 1. The molecule has 4 heteroatoms. The lowest BCUT2D eigenvalue weighted by molar-refractivity contribution is 0.597. The molecule has 92 valence electrons. The van der Waals surface area contributed by atoms with E-state index >= 15 is 0 Å². The third-order valence-corrected chi connectivity index (χ3v) is 5.95. The second-order valence-electron chi connectivity index (χ2n) is 3.58. The molecule has 0 aromatic heterocycles. The van der Waals surface area contributed by atoms with Gasteiger partial charge in [0.1, 0.15) is 4.58 Å². The normalized spacial score (nSPS) is 13.8. The van der Waals surface area contributed by atoms with Gasteiger partial charge in [0.2, 0.25) is 0 Å².